The van der Waals surface area contributed by atoms with E-state index in [1.165, 1.54) is 19.3 Å². The number of benzene rings is 1. The van der Waals surface area contributed by atoms with Gasteiger partial charge in [-0.15, -0.1) is 0 Å². The SMILES string of the molecule is NC(=O)c1ccc(NCC2(CO)CCCCC2)cc1. The Hall–Kier alpha value is -1.55. The van der Waals surface area contributed by atoms with Gasteiger partial charge in [0.2, 0.25) is 5.91 Å². The first kappa shape index (κ1) is 13.9. The Morgan fingerprint density at radius 1 is 1.21 bits per heavy atom. The van der Waals surface area contributed by atoms with Gasteiger partial charge in [-0.25, -0.2) is 0 Å². The maximum atomic E-state index is 11.0. The maximum Gasteiger partial charge on any atom is 0.248 e. The Morgan fingerprint density at radius 3 is 2.37 bits per heavy atom. The van der Waals surface area contributed by atoms with E-state index in [0.717, 1.165) is 25.1 Å². The molecule has 1 aliphatic carbocycles. The highest BCUT2D eigenvalue weighted by atomic mass is 16.3. The molecule has 1 amide bonds. The van der Waals surface area contributed by atoms with Crippen LogP contribution in [0.1, 0.15) is 42.5 Å². The third-order valence-corrected chi connectivity index (χ3v) is 4.09. The maximum absolute atomic E-state index is 11.0. The summed E-state index contributed by atoms with van der Waals surface area (Å²) in [7, 11) is 0. The molecule has 1 aromatic rings. The predicted octanol–water partition coefficient (Wildman–Crippen LogP) is 2.14. The van der Waals surface area contributed by atoms with Crippen molar-refractivity contribution in [2.45, 2.75) is 32.1 Å². The number of carbonyl (C=O) groups excluding carboxylic acids is 1. The Labute approximate surface area is 114 Å². The van der Waals surface area contributed by atoms with Crippen molar-refractivity contribution in [2.75, 3.05) is 18.5 Å². The van der Waals surface area contributed by atoms with E-state index < -0.39 is 5.91 Å². The molecular formula is C15H22N2O2. The number of nitrogens with one attached hydrogen (secondary N) is 1. The molecule has 0 aliphatic heterocycles. The summed E-state index contributed by atoms with van der Waals surface area (Å²) in [5, 5.41) is 13.0. The molecule has 4 N–H and O–H groups in total. The summed E-state index contributed by atoms with van der Waals surface area (Å²) >= 11 is 0. The third kappa shape index (κ3) is 3.47. The van der Waals surface area contributed by atoms with Crippen molar-refractivity contribution in [3.8, 4) is 0 Å². The highest BCUT2D eigenvalue weighted by Gasteiger charge is 2.30. The number of amides is 1. The monoisotopic (exact) mass is 262 g/mol. The van der Waals surface area contributed by atoms with Crippen LogP contribution in [-0.4, -0.2) is 24.2 Å². The minimum absolute atomic E-state index is 0.0145. The van der Waals surface area contributed by atoms with Crippen LogP contribution in [0.25, 0.3) is 0 Å². The van der Waals surface area contributed by atoms with Crippen molar-refractivity contribution in [3.63, 3.8) is 0 Å². The van der Waals surface area contributed by atoms with Gasteiger partial charge in [0.1, 0.15) is 0 Å². The summed E-state index contributed by atoms with van der Waals surface area (Å²) in [6, 6.07) is 7.15. The second-order valence-electron chi connectivity index (χ2n) is 5.51. The topological polar surface area (TPSA) is 75.4 Å². The van der Waals surface area contributed by atoms with Crippen LogP contribution in [0.15, 0.2) is 24.3 Å². The minimum atomic E-state index is -0.411. The van der Waals surface area contributed by atoms with E-state index in [2.05, 4.69) is 5.32 Å². The Balaban J connectivity index is 1.95. The molecule has 1 aromatic carbocycles. The van der Waals surface area contributed by atoms with Crippen LogP contribution in [0.4, 0.5) is 5.69 Å². The third-order valence-electron chi connectivity index (χ3n) is 4.09. The average molecular weight is 262 g/mol. The van der Waals surface area contributed by atoms with Gasteiger partial charge in [-0.3, -0.25) is 4.79 Å². The number of primary amides is 1. The van der Waals surface area contributed by atoms with Crippen molar-refractivity contribution in [2.24, 2.45) is 11.1 Å². The summed E-state index contributed by atoms with van der Waals surface area (Å²) in [4.78, 5) is 11.0. The molecule has 4 nitrogen and oxygen atoms in total. The van der Waals surface area contributed by atoms with E-state index in [1.807, 2.05) is 12.1 Å². The average Bonchev–Trinajstić information content (AvgIpc) is 2.46. The highest BCUT2D eigenvalue weighted by molar-refractivity contribution is 5.93. The van der Waals surface area contributed by atoms with Crippen LogP contribution in [-0.2, 0) is 0 Å². The summed E-state index contributed by atoms with van der Waals surface area (Å²) in [5.74, 6) is -0.411. The van der Waals surface area contributed by atoms with E-state index in [1.54, 1.807) is 12.1 Å². The molecule has 0 heterocycles. The molecule has 0 aromatic heterocycles. The highest BCUT2D eigenvalue weighted by Crippen LogP contribution is 2.35. The lowest BCUT2D eigenvalue weighted by Crippen LogP contribution is -2.35. The zero-order valence-electron chi connectivity index (χ0n) is 11.2. The molecular weight excluding hydrogens is 240 g/mol. The Bertz CT molecular complexity index is 422. The molecule has 0 spiro atoms. The molecule has 2 rings (SSSR count). The number of rotatable bonds is 5. The minimum Gasteiger partial charge on any atom is -0.396 e. The van der Waals surface area contributed by atoms with Gasteiger partial charge in [0.25, 0.3) is 0 Å². The van der Waals surface area contributed by atoms with Crippen LogP contribution in [0.3, 0.4) is 0 Å². The van der Waals surface area contributed by atoms with Crippen LogP contribution >= 0.6 is 0 Å². The largest absolute Gasteiger partial charge is 0.396 e. The molecule has 1 aliphatic rings. The number of anilines is 1. The quantitative estimate of drug-likeness (QED) is 0.761. The number of hydrogen-bond acceptors (Lipinski definition) is 3. The first-order chi connectivity index (χ1) is 9.15. The fourth-order valence-corrected chi connectivity index (χ4v) is 2.73. The van der Waals surface area contributed by atoms with Crippen LogP contribution in [0, 0.1) is 5.41 Å². The van der Waals surface area contributed by atoms with Gasteiger partial charge >= 0.3 is 0 Å². The molecule has 0 bridgehead atoms. The number of nitrogens with two attached hydrogens (primary N) is 1. The van der Waals surface area contributed by atoms with Gasteiger partial charge < -0.3 is 16.2 Å². The standard InChI is InChI=1S/C15H22N2O2/c16-14(19)12-4-6-13(7-5-12)17-10-15(11-18)8-2-1-3-9-15/h4-7,17-18H,1-3,8-11H2,(H2,16,19). The molecule has 0 atom stereocenters. The van der Waals surface area contributed by atoms with Crippen molar-refractivity contribution < 1.29 is 9.90 Å². The number of carbonyl (C=O) groups is 1. The van der Waals surface area contributed by atoms with E-state index >= 15 is 0 Å². The predicted molar refractivity (Wildman–Crippen MR) is 76.1 cm³/mol. The smallest absolute Gasteiger partial charge is 0.248 e. The molecule has 1 fully saturated rings. The Kier molecular flexibility index (Phi) is 4.43. The van der Waals surface area contributed by atoms with Crippen LogP contribution in [0.5, 0.6) is 0 Å². The summed E-state index contributed by atoms with van der Waals surface area (Å²) in [6.45, 7) is 1.01. The zero-order valence-corrected chi connectivity index (χ0v) is 11.2. The molecule has 0 unspecified atom stereocenters. The van der Waals surface area contributed by atoms with E-state index in [9.17, 15) is 9.90 Å². The molecule has 19 heavy (non-hydrogen) atoms. The fraction of sp³-hybridized carbons (Fsp3) is 0.533. The second kappa shape index (κ2) is 6.06. The van der Waals surface area contributed by atoms with Gasteiger partial charge in [0, 0.05) is 23.2 Å². The lowest BCUT2D eigenvalue weighted by Gasteiger charge is -2.36. The molecule has 0 saturated heterocycles. The van der Waals surface area contributed by atoms with Gasteiger partial charge in [0.05, 0.1) is 6.61 Å². The van der Waals surface area contributed by atoms with Gasteiger partial charge in [-0.2, -0.15) is 0 Å². The molecule has 4 heteroatoms. The van der Waals surface area contributed by atoms with Gasteiger partial charge in [0.15, 0.2) is 0 Å². The van der Waals surface area contributed by atoms with Crippen LogP contribution in [0.2, 0.25) is 0 Å². The molecule has 1 saturated carbocycles. The van der Waals surface area contributed by atoms with Crippen molar-refractivity contribution >= 4 is 11.6 Å². The van der Waals surface area contributed by atoms with E-state index in [-0.39, 0.29) is 12.0 Å². The van der Waals surface area contributed by atoms with Gasteiger partial charge in [-0.1, -0.05) is 19.3 Å². The normalized spacial score (nSPS) is 17.9. The zero-order chi connectivity index (χ0) is 13.7. The van der Waals surface area contributed by atoms with Gasteiger partial charge in [-0.05, 0) is 37.1 Å². The second-order valence-corrected chi connectivity index (χ2v) is 5.51. The number of aliphatic hydroxyl groups is 1. The first-order valence-corrected chi connectivity index (χ1v) is 6.90. The summed E-state index contributed by atoms with van der Waals surface area (Å²) in [6.07, 6.45) is 5.83. The fourth-order valence-electron chi connectivity index (χ4n) is 2.73. The van der Waals surface area contributed by atoms with Crippen molar-refractivity contribution in [3.05, 3.63) is 29.8 Å². The van der Waals surface area contributed by atoms with Crippen molar-refractivity contribution in [1.29, 1.82) is 0 Å². The molecule has 0 radical (unpaired) electrons. The number of hydrogen-bond donors (Lipinski definition) is 3. The summed E-state index contributed by atoms with van der Waals surface area (Å²) in [5.41, 5.74) is 6.69. The lowest BCUT2D eigenvalue weighted by atomic mass is 9.74. The molecule has 104 valence electrons. The van der Waals surface area contributed by atoms with Crippen LogP contribution < -0.4 is 11.1 Å². The van der Waals surface area contributed by atoms with Crippen molar-refractivity contribution in [1.82, 2.24) is 0 Å². The Morgan fingerprint density at radius 2 is 1.84 bits per heavy atom. The first-order valence-electron chi connectivity index (χ1n) is 6.90. The van der Waals surface area contributed by atoms with E-state index in [0.29, 0.717) is 5.56 Å². The summed E-state index contributed by atoms with van der Waals surface area (Å²) < 4.78 is 0. The number of aliphatic hydroxyl groups excluding tert-OH is 1. The van der Waals surface area contributed by atoms with E-state index in [4.69, 9.17) is 5.73 Å². The lowest BCUT2D eigenvalue weighted by molar-refractivity contribution is 0.0944.